The van der Waals surface area contributed by atoms with Gasteiger partial charge < -0.3 is 28.4 Å². The molecule has 0 spiro atoms. The third-order valence-corrected chi connectivity index (χ3v) is 8.13. The van der Waals surface area contributed by atoms with Crippen molar-refractivity contribution in [1.29, 1.82) is 0 Å². The number of carbonyl (C=O) groups is 5. The van der Waals surface area contributed by atoms with Gasteiger partial charge in [-0.3, -0.25) is 4.57 Å². The van der Waals surface area contributed by atoms with Crippen LogP contribution >= 0.6 is 0 Å². The third-order valence-electron chi connectivity index (χ3n) is 8.13. The average Bonchev–Trinajstić information content (AvgIpc) is 3.75. The van der Waals surface area contributed by atoms with Crippen LogP contribution in [0, 0.1) is 0 Å². The van der Waals surface area contributed by atoms with Gasteiger partial charge in [-0.1, -0.05) is 84.9 Å². The summed E-state index contributed by atoms with van der Waals surface area (Å²) in [5.74, 6) is -4.25. The van der Waals surface area contributed by atoms with Crippen LogP contribution in [0.3, 0.4) is 0 Å². The van der Waals surface area contributed by atoms with Crippen LogP contribution in [0.15, 0.2) is 121 Å². The average molecular weight is 705 g/mol. The number of aromatic nitrogens is 2. The van der Waals surface area contributed by atoms with Crippen molar-refractivity contribution >= 4 is 29.8 Å². The smallest absolute Gasteiger partial charge is 0.359 e. The lowest BCUT2D eigenvalue weighted by molar-refractivity contribution is -0.0623. The van der Waals surface area contributed by atoms with E-state index >= 15 is 0 Å². The molecule has 0 radical (unpaired) electrons. The van der Waals surface area contributed by atoms with Gasteiger partial charge in [-0.25, -0.2) is 29.0 Å². The Morgan fingerprint density at radius 3 is 1.56 bits per heavy atom. The summed E-state index contributed by atoms with van der Waals surface area (Å²) in [7, 11) is 2.24. The number of methoxy groups -OCH3 is 2. The second kappa shape index (κ2) is 16.0. The summed E-state index contributed by atoms with van der Waals surface area (Å²) in [6.07, 6.45) is -5.76. The van der Waals surface area contributed by atoms with Gasteiger partial charge in [0.05, 0.1) is 30.9 Å². The van der Waals surface area contributed by atoms with Gasteiger partial charge >= 0.3 is 29.8 Å². The number of carbonyl (C=O) groups excluding carboxylic acids is 5. The van der Waals surface area contributed by atoms with Crippen LogP contribution in [0.2, 0.25) is 0 Å². The molecule has 1 saturated heterocycles. The van der Waals surface area contributed by atoms with E-state index in [4.69, 9.17) is 28.4 Å². The van der Waals surface area contributed by atoms with Gasteiger partial charge in [0, 0.05) is 5.56 Å². The van der Waals surface area contributed by atoms with Crippen molar-refractivity contribution in [3.63, 3.8) is 0 Å². The molecule has 0 amide bonds. The summed E-state index contributed by atoms with van der Waals surface area (Å²) < 4.78 is 35.5. The molecule has 1 aliphatic heterocycles. The van der Waals surface area contributed by atoms with Crippen molar-refractivity contribution < 1.29 is 52.4 Å². The SMILES string of the molecule is COC(=O)c1nc(-c2ccccc2)n([C@@H]2O[C@H](COC(=O)c3ccccc3)[C@@H](OC(=O)c3ccccc3)[C@H]2OC(=O)c2ccccc2)c1C(=O)OC. The van der Waals surface area contributed by atoms with E-state index < -0.39 is 72.4 Å². The second-order valence-corrected chi connectivity index (χ2v) is 11.4. The molecule has 2 heterocycles. The highest BCUT2D eigenvalue weighted by Crippen LogP contribution is 2.40. The molecule has 0 unspecified atom stereocenters. The van der Waals surface area contributed by atoms with Gasteiger partial charge in [-0.15, -0.1) is 0 Å². The van der Waals surface area contributed by atoms with Crippen LogP contribution in [0.25, 0.3) is 11.4 Å². The molecule has 6 rings (SSSR count). The molecule has 4 aromatic carbocycles. The molecule has 5 aromatic rings. The molecule has 0 saturated carbocycles. The summed E-state index contributed by atoms with van der Waals surface area (Å²) in [5.41, 5.74) is 0.200. The Morgan fingerprint density at radius 2 is 1.06 bits per heavy atom. The quantitative estimate of drug-likeness (QED) is 0.129. The maximum absolute atomic E-state index is 13.7. The Balaban J connectivity index is 1.51. The Bertz CT molecular complexity index is 2050. The molecule has 4 atom stereocenters. The Labute approximate surface area is 297 Å². The molecular weight excluding hydrogens is 672 g/mol. The standard InChI is InChI=1S/C39H32N2O11/c1-47-38(45)29-30(39(46)48-2)41(33(40-29)24-15-7-3-8-16-24)34-32(52-37(44)27-21-13-6-14-22-27)31(51-36(43)26-19-11-5-12-20-26)28(50-34)23-49-35(42)25-17-9-4-10-18-25/h3-22,28,31-32,34H,23H2,1-2H3/t28-,31-,32-,34-/m1/s1. The highest BCUT2D eigenvalue weighted by atomic mass is 16.7. The highest BCUT2D eigenvalue weighted by Gasteiger charge is 2.53. The summed E-state index contributed by atoms with van der Waals surface area (Å²) >= 11 is 0. The molecule has 1 fully saturated rings. The van der Waals surface area contributed by atoms with E-state index in [0.29, 0.717) is 5.56 Å². The van der Waals surface area contributed by atoms with Gasteiger partial charge in [-0.05, 0) is 36.4 Å². The van der Waals surface area contributed by atoms with Crippen molar-refractivity contribution in [2.24, 2.45) is 0 Å². The first-order valence-corrected chi connectivity index (χ1v) is 16.0. The zero-order valence-electron chi connectivity index (χ0n) is 27.9. The Hall–Kier alpha value is -6.60. The van der Waals surface area contributed by atoms with Crippen LogP contribution in [-0.2, 0) is 28.4 Å². The van der Waals surface area contributed by atoms with Crippen molar-refractivity contribution in [2.45, 2.75) is 24.5 Å². The number of benzene rings is 4. The van der Waals surface area contributed by atoms with Crippen LogP contribution in [0.1, 0.15) is 58.3 Å². The summed E-state index contributed by atoms with van der Waals surface area (Å²) in [6, 6.07) is 32.8. The first kappa shape index (κ1) is 35.2. The van der Waals surface area contributed by atoms with E-state index in [1.54, 1.807) is 97.1 Å². The lowest BCUT2D eigenvalue weighted by Gasteiger charge is -2.26. The van der Waals surface area contributed by atoms with Gasteiger partial charge in [0.2, 0.25) is 0 Å². The number of esters is 5. The second-order valence-electron chi connectivity index (χ2n) is 11.4. The monoisotopic (exact) mass is 704 g/mol. The summed E-state index contributed by atoms with van der Waals surface area (Å²) in [6.45, 7) is -0.483. The first-order chi connectivity index (χ1) is 25.3. The maximum Gasteiger partial charge on any atom is 0.359 e. The summed E-state index contributed by atoms with van der Waals surface area (Å²) in [5, 5.41) is 0. The zero-order valence-corrected chi connectivity index (χ0v) is 27.9. The van der Waals surface area contributed by atoms with Crippen LogP contribution in [0.4, 0.5) is 0 Å². The van der Waals surface area contributed by atoms with Crippen molar-refractivity contribution in [2.75, 3.05) is 20.8 Å². The molecular formula is C39H32N2O11. The number of ether oxygens (including phenoxy) is 6. The summed E-state index contributed by atoms with van der Waals surface area (Å²) in [4.78, 5) is 71.5. The van der Waals surface area contributed by atoms with Gasteiger partial charge in [-0.2, -0.15) is 0 Å². The molecule has 13 nitrogen and oxygen atoms in total. The lowest BCUT2D eigenvalue weighted by Crippen LogP contribution is -2.41. The van der Waals surface area contributed by atoms with Crippen molar-refractivity contribution in [3.05, 3.63) is 149 Å². The third kappa shape index (κ3) is 7.44. The normalized spacial score (nSPS) is 17.8. The van der Waals surface area contributed by atoms with E-state index in [9.17, 15) is 24.0 Å². The topological polar surface area (TPSA) is 159 Å². The fraction of sp³-hybridized carbons (Fsp3) is 0.179. The van der Waals surface area contributed by atoms with Gasteiger partial charge in [0.25, 0.3) is 0 Å². The van der Waals surface area contributed by atoms with E-state index in [0.717, 1.165) is 14.2 Å². The predicted octanol–water partition coefficient (Wildman–Crippen LogP) is 5.33. The number of hydrogen-bond donors (Lipinski definition) is 0. The minimum absolute atomic E-state index is 0.0298. The molecule has 0 bridgehead atoms. The fourth-order valence-corrected chi connectivity index (χ4v) is 5.67. The van der Waals surface area contributed by atoms with E-state index in [2.05, 4.69) is 4.98 Å². The van der Waals surface area contributed by atoms with Crippen LogP contribution in [0.5, 0.6) is 0 Å². The molecule has 52 heavy (non-hydrogen) atoms. The van der Waals surface area contributed by atoms with Gasteiger partial charge in [0.15, 0.2) is 29.8 Å². The zero-order chi connectivity index (χ0) is 36.6. The fourth-order valence-electron chi connectivity index (χ4n) is 5.67. The van der Waals surface area contributed by atoms with E-state index in [-0.39, 0.29) is 22.5 Å². The van der Waals surface area contributed by atoms with E-state index in [1.165, 1.54) is 28.8 Å². The number of imidazole rings is 1. The Kier molecular flexibility index (Phi) is 10.8. The molecule has 0 aliphatic carbocycles. The lowest BCUT2D eigenvalue weighted by atomic mass is 10.1. The van der Waals surface area contributed by atoms with E-state index in [1.807, 2.05) is 0 Å². The Morgan fingerprint density at radius 1 is 0.596 bits per heavy atom. The molecule has 13 heteroatoms. The van der Waals surface area contributed by atoms with Crippen LogP contribution < -0.4 is 0 Å². The predicted molar refractivity (Wildman–Crippen MR) is 182 cm³/mol. The maximum atomic E-state index is 13.7. The number of rotatable bonds is 11. The van der Waals surface area contributed by atoms with Crippen molar-refractivity contribution in [1.82, 2.24) is 9.55 Å². The number of hydrogen-bond acceptors (Lipinski definition) is 12. The minimum atomic E-state index is -1.52. The highest BCUT2D eigenvalue weighted by molar-refractivity contribution is 6.01. The molecule has 1 aliphatic rings. The van der Waals surface area contributed by atoms with Gasteiger partial charge in [0.1, 0.15) is 18.5 Å². The molecule has 264 valence electrons. The first-order valence-electron chi connectivity index (χ1n) is 16.0. The minimum Gasteiger partial charge on any atom is -0.464 e. The molecule has 0 N–H and O–H groups in total. The largest absolute Gasteiger partial charge is 0.464 e. The van der Waals surface area contributed by atoms with Crippen LogP contribution in [-0.4, -0.2) is 78.5 Å². The number of nitrogens with zero attached hydrogens (tertiary/aromatic N) is 2. The molecule has 1 aromatic heterocycles. The van der Waals surface area contributed by atoms with Crippen molar-refractivity contribution in [3.8, 4) is 11.4 Å².